The second-order valence-electron chi connectivity index (χ2n) is 10.1. The number of nitrogens with one attached hydrogen (secondary N) is 1. The summed E-state index contributed by atoms with van der Waals surface area (Å²) in [6, 6.07) is 0.668. The molecule has 2 fully saturated rings. The molecule has 0 aromatic carbocycles. The number of carbonyl (C=O) groups is 1. The van der Waals surface area contributed by atoms with Gasteiger partial charge in [-0.3, -0.25) is 9.69 Å². The van der Waals surface area contributed by atoms with E-state index in [2.05, 4.69) is 15.2 Å². The van der Waals surface area contributed by atoms with Crippen molar-refractivity contribution in [1.29, 1.82) is 0 Å². The van der Waals surface area contributed by atoms with E-state index in [1.807, 2.05) is 24.5 Å². The third-order valence-corrected chi connectivity index (χ3v) is 9.62. The molecule has 174 valence electrons. The number of nitrogens with zero attached hydrogens (tertiary/aromatic N) is 3. The first-order chi connectivity index (χ1) is 15.6. The van der Waals surface area contributed by atoms with E-state index < -0.39 is 0 Å². The highest BCUT2D eigenvalue weighted by Crippen LogP contribution is 2.35. The highest BCUT2D eigenvalue weighted by atomic mass is 32.1. The van der Waals surface area contributed by atoms with Gasteiger partial charge >= 0.3 is 0 Å². The van der Waals surface area contributed by atoms with E-state index in [9.17, 15) is 4.79 Å². The van der Waals surface area contributed by atoms with Gasteiger partial charge in [0, 0.05) is 47.9 Å². The first-order valence-corrected chi connectivity index (χ1v) is 14.1. The van der Waals surface area contributed by atoms with Gasteiger partial charge < -0.3 is 5.32 Å². The molecule has 7 heteroatoms. The smallest absolute Gasteiger partial charge is 0.183 e. The average Bonchev–Trinajstić information content (AvgIpc) is 3.35. The molecular formula is C25H36N4OS2. The van der Waals surface area contributed by atoms with Crippen LogP contribution in [-0.2, 0) is 24.2 Å². The van der Waals surface area contributed by atoms with E-state index in [0.29, 0.717) is 24.2 Å². The van der Waals surface area contributed by atoms with Crippen LogP contribution in [0.4, 0.5) is 5.13 Å². The highest BCUT2D eigenvalue weighted by molar-refractivity contribution is 7.15. The summed E-state index contributed by atoms with van der Waals surface area (Å²) in [4.78, 5) is 26.9. The molecule has 0 saturated heterocycles. The van der Waals surface area contributed by atoms with Crippen LogP contribution in [0.2, 0.25) is 0 Å². The molecule has 2 saturated carbocycles. The molecule has 0 spiro atoms. The van der Waals surface area contributed by atoms with Crippen LogP contribution in [0.15, 0.2) is 6.20 Å². The molecule has 5 nitrogen and oxygen atoms in total. The van der Waals surface area contributed by atoms with Crippen molar-refractivity contribution in [1.82, 2.24) is 14.9 Å². The van der Waals surface area contributed by atoms with Crippen LogP contribution in [0.3, 0.4) is 0 Å². The predicted octanol–water partition coefficient (Wildman–Crippen LogP) is 5.63. The molecule has 3 aliphatic rings. The Bertz CT molecular complexity index is 911. The maximum absolute atomic E-state index is 12.4. The minimum absolute atomic E-state index is 0.399. The van der Waals surface area contributed by atoms with Crippen molar-refractivity contribution in [3.05, 3.63) is 26.7 Å². The van der Waals surface area contributed by atoms with E-state index >= 15 is 0 Å². The topological polar surface area (TPSA) is 58.1 Å². The monoisotopic (exact) mass is 472 g/mol. The van der Waals surface area contributed by atoms with Gasteiger partial charge in [-0.1, -0.05) is 12.8 Å². The summed E-state index contributed by atoms with van der Waals surface area (Å²) >= 11 is 3.55. The van der Waals surface area contributed by atoms with Crippen molar-refractivity contribution in [2.45, 2.75) is 90.1 Å². The van der Waals surface area contributed by atoms with Crippen molar-refractivity contribution in [2.75, 3.05) is 18.4 Å². The normalized spacial score (nSPS) is 24.2. The van der Waals surface area contributed by atoms with Gasteiger partial charge in [0.1, 0.15) is 5.78 Å². The van der Waals surface area contributed by atoms with Crippen LogP contribution in [0, 0.1) is 18.8 Å². The Morgan fingerprint density at radius 3 is 2.69 bits per heavy atom. The van der Waals surface area contributed by atoms with Gasteiger partial charge in [-0.15, -0.1) is 22.7 Å². The van der Waals surface area contributed by atoms with Gasteiger partial charge in [-0.25, -0.2) is 9.97 Å². The minimum Gasteiger partial charge on any atom is -0.359 e. The van der Waals surface area contributed by atoms with Crippen molar-refractivity contribution in [2.24, 2.45) is 11.8 Å². The van der Waals surface area contributed by atoms with Gasteiger partial charge in [0.2, 0.25) is 0 Å². The van der Waals surface area contributed by atoms with Gasteiger partial charge in [0.25, 0.3) is 0 Å². The van der Waals surface area contributed by atoms with Gasteiger partial charge in [-0.05, 0) is 70.3 Å². The zero-order valence-electron chi connectivity index (χ0n) is 19.3. The molecular weight excluding hydrogens is 436 g/mol. The summed E-state index contributed by atoms with van der Waals surface area (Å²) in [6.45, 7) is 5.41. The number of ketones is 1. The fraction of sp³-hybridized carbons (Fsp3) is 0.720. The van der Waals surface area contributed by atoms with Crippen molar-refractivity contribution >= 4 is 33.6 Å². The number of Topliss-reactive ketones (excluding diaryl/α,β-unsaturated/α-hetero) is 1. The lowest BCUT2D eigenvalue weighted by atomic mass is 9.78. The van der Waals surface area contributed by atoms with Crippen LogP contribution >= 0.6 is 22.7 Å². The van der Waals surface area contributed by atoms with Gasteiger partial charge in [0.05, 0.1) is 10.7 Å². The molecule has 0 unspecified atom stereocenters. The molecule has 32 heavy (non-hydrogen) atoms. The number of aromatic nitrogens is 2. The van der Waals surface area contributed by atoms with E-state index in [1.54, 1.807) is 11.3 Å². The summed E-state index contributed by atoms with van der Waals surface area (Å²) in [7, 11) is 0. The standard InChI is InChI=1S/C25H36N4OS2/c1-17-26-15-22(31-17)14-21(30)13-19-7-5-18(6-8-19)9-11-29-12-10-24-23(16-29)28-25(32-24)27-20-3-2-4-20/h15,18-20H,2-14,16H2,1H3,(H,27,28). The maximum atomic E-state index is 12.4. The molecule has 2 aromatic heterocycles. The van der Waals surface area contributed by atoms with Crippen molar-refractivity contribution in [3.63, 3.8) is 0 Å². The zero-order valence-corrected chi connectivity index (χ0v) is 20.9. The summed E-state index contributed by atoms with van der Waals surface area (Å²) in [5.74, 6) is 1.83. The zero-order chi connectivity index (χ0) is 21.9. The number of hydrogen-bond acceptors (Lipinski definition) is 7. The number of anilines is 1. The summed E-state index contributed by atoms with van der Waals surface area (Å²) in [5, 5.41) is 5.84. The summed E-state index contributed by atoms with van der Waals surface area (Å²) < 4.78 is 0. The highest BCUT2D eigenvalue weighted by Gasteiger charge is 2.26. The second kappa shape index (κ2) is 10.3. The Labute approximate surface area is 200 Å². The molecule has 1 N–H and O–H groups in total. The number of rotatable bonds is 9. The van der Waals surface area contributed by atoms with Gasteiger partial charge in [0.15, 0.2) is 5.13 Å². The first kappa shape index (κ1) is 22.5. The Morgan fingerprint density at radius 1 is 1.16 bits per heavy atom. The number of aryl methyl sites for hydroxylation is 1. The van der Waals surface area contributed by atoms with Crippen LogP contribution in [-0.4, -0.2) is 39.8 Å². The molecule has 3 heterocycles. The lowest BCUT2D eigenvalue weighted by Crippen LogP contribution is -2.32. The largest absolute Gasteiger partial charge is 0.359 e. The SMILES string of the molecule is Cc1ncc(CC(=O)CC2CCC(CCN3CCc4sc(NC5CCC5)nc4C3)CC2)s1. The molecule has 2 aliphatic carbocycles. The van der Waals surface area contributed by atoms with Crippen molar-refractivity contribution in [3.8, 4) is 0 Å². The summed E-state index contributed by atoms with van der Waals surface area (Å²) in [5.41, 5.74) is 1.32. The van der Waals surface area contributed by atoms with Crippen molar-refractivity contribution < 1.29 is 4.79 Å². The molecule has 0 amide bonds. The van der Waals surface area contributed by atoms with E-state index in [4.69, 9.17) is 4.98 Å². The Hall–Kier alpha value is -1.31. The van der Waals surface area contributed by atoms with Crippen LogP contribution < -0.4 is 5.32 Å². The molecule has 1 aliphatic heterocycles. The molecule has 0 atom stereocenters. The molecule has 5 rings (SSSR count). The van der Waals surface area contributed by atoms with Crippen LogP contribution in [0.5, 0.6) is 0 Å². The molecule has 2 aromatic rings. The third-order valence-electron chi connectivity index (χ3n) is 7.62. The van der Waals surface area contributed by atoms with Crippen LogP contribution in [0.25, 0.3) is 0 Å². The van der Waals surface area contributed by atoms with E-state index in [0.717, 1.165) is 40.3 Å². The van der Waals surface area contributed by atoms with E-state index in [1.165, 1.54) is 75.0 Å². The number of thiazole rings is 2. The lowest BCUT2D eigenvalue weighted by molar-refractivity contribution is -0.119. The predicted molar refractivity (Wildman–Crippen MR) is 133 cm³/mol. The Morgan fingerprint density at radius 2 is 1.97 bits per heavy atom. The molecule has 0 bridgehead atoms. The lowest BCUT2D eigenvalue weighted by Gasteiger charge is -2.31. The first-order valence-electron chi connectivity index (χ1n) is 12.5. The average molecular weight is 473 g/mol. The maximum Gasteiger partial charge on any atom is 0.183 e. The third kappa shape index (κ3) is 5.78. The second-order valence-corrected chi connectivity index (χ2v) is 12.5. The van der Waals surface area contributed by atoms with Crippen LogP contribution in [0.1, 0.15) is 78.2 Å². The number of hydrogen-bond donors (Lipinski definition) is 1. The van der Waals surface area contributed by atoms with Gasteiger partial charge in [-0.2, -0.15) is 0 Å². The fourth-order valence-corrected chi connectivity index (χ4v) is 7.26. The molecule has 0 radical (unpaired) electrons. The number of fused-ring (bicyclic) bond motifs is 1. The Balaban J connectivity index is 1.01. The number of carbonyl (C=O) groups excluding carboxylic acids is 1. The summed E-state index contributed by atoms with van der Waals surface area (Å²) in [6.07, 6.45) is 14.7. The fourth-order valence-electron chi connectivity index (χ4n) is 5.40. The Kier molecular flexibility index (Phi) is 7.24. The minimum atomic E-state index is 0.399. The quantitative estimate of drug-likeness (QED) is 0.513. The van der Waals surface area contributed by atoms with E-state index in [-0.39, 0.29) is 0 Å².